The summed E-state index contributed by atoms with van der Waals surface area (Å²) < 4.78 is 16.0. The average Bonchev–Trinajstić information content (AvgIpc) is 3.03. The third-order valence-electron chi connectivity index (χ3n) is 3.80. The summed E-state index contributed by atoms with van der Waals surface area (Å²) in [5.41, 5.74) is 1.84. The molecule has 0 unspecified atom stereocenters. The Labute approximate surface area is 185 Å². The first-order valence-electron chi connectivity index (χ1n) is 8.40. The van der Waals surface area contributed by atoms with Gasteiger partial charge in [0, 0.05) is 22.1 Å². The van der Waals surface area contributed by atoms with Crippen molar-refractivity contribution in [3.8, 4) is 0 Å². The average molecular weight is 528 g/mol. The summed E-state index contributed by atoms with van der Waals surface area (Å²) in [6.07, 6.45) is 0. The molecule has 0 aliphatic rings. The molecule has 146 valence electrons. The van der Waals surface area contributed by atoms with Crippen LogP contribution in [-0.4, -0.2) is 26.4 Å². The Kier molecular flexibility index (Phi) is 7.74. The standard InChI is InChI=1S/C19H18FIN4OS2/c1-25-17(11-27-10-13-2-4-14(20)5-3-13)23-24-19(25)28-12-18(26)22-16-8-6-15(21)7-9-16/h2-9H,10-12H2,1H3,(H,22,26). The topological polar surface area (TPSA) is 59.8 Å². The van der Waals surface area contributed by atoms with Crippen molar-refractivity contribution in [3.05, 3.63) is 69.3 Å². The Morgan fingerprint density at radius 3 is 2.54 bits per heavy atom. The minimum absolute atomic E-state index is 0.0820. The number of benzene rings is 2. The van der Waals surface area contributed by atoms with Crippen LogP contribution in [0.1, 0.15) is 11.4 Å². The smallest absolute Gasteiger partial charge is 0.234 e. The molecule has 1 aromatic heterocycles. The van der Waals surface area contributed by atoms with E-state index >= 15 is 0 Å². The van der Waals surface area contributed by atoms with Crippen LogP contribution in [0.5, 0.6) is 0 Å². The van der Waals surface area contributed by atoms with Crippen LogP contribution in [0.2, 0.25) is 0 Å². The molecule has 3 aromatic rings. The fourth-order valence-corrected chi connectivity index (χ4v) is 4.35. The van der Waals surface area contributed by atoms with Gasteiger partial charge in [0.1, 0.15) is 11.6 Å². The van der Waals surface area contributed by atoms with Crippen molar-refractivity contribution in [2.45, 2.75) is 16.7 Å². The highest BCUT2D eigenvalue weighted by Gasteiger charge is 2.12. The predicted octanol–water partition coefficient (Wildman–Crippen LogP) is 4.72. The maximum Gasteiger partial charge on any atom is 0.234 e. The van der Waals surface area contributed by atoms with Gasteiger partial charge in [-0.15, -0.1) is 22.0 Å². The maximum absolute atomic E-state index is 12.9. The Morgan fingerprint density at radius 1 is 1.11 bits per heavy atom. The molecule has 28 heavy (non-hydrogen) atoms. The SMILES string of the molecule is Cn1c(CSCc2ccc(F)cc2)nnc1SCC(=O)Nc1ccc(I)cc1. The van der Waals surface area contributed by atoms with Gasteiger partial charge in [-0.05, 0) is 64.6 Å². The third kappa shape index (κ3) is 6.21. The van der Waals surface area contributed by atoms with Crippen LogP contribution >= 0.6 is 46.1 Å². The largest absolute Gasteiger partial charge is 0.325 e. The van der Waals surface area contributed by atoms with E-state index in [1.54, 1.807) is 23.9 Å². The molecule has 0 fully saturated rings. The van der Waals surface area contributed by atoms with Crippen LogP contribution in [0.4, 0.5) is 10.1 Å². The molecule has 9 heteroatoms. The summed E-state index contributed by atoms with van der Waals surface area (Å²) >= 11 is 5.26. The van der Waals surface area contributed by atoms with Gasteiger partial charge in [0.05, 0.1) is 11.5 Å². The molecule has 1 N–H and O–H groups in total. The Balaban J connectivity index is 1.46. The quantitative estimate of drug-likeness (QED) is 0.339. The molecule has 1 heterocycles. The lowest BCUT2D eigenvalue weighted by Gasteiger charge is -2.06. The van der Waals surface area contributed by atoms with Crippen LogP contribution in [0.25, 0.3) is 0 Å². The fraction of sp³-hybridized carbons (Fsp3) is 0.211. The number of anilines is 1. The number of carbonyl (C=O) groups is 1. The molecule has 0 radical (unpaired) electrons. The number of amides is 1. The van der Waals surface area contributed by atoms with Crippen molar-refractivity contribution in [3.63, 3.8) is 0 Å². The zero-order chi connectivity index (χ0) is 19.9. The lowest BCUT2D eigenvalue weighted by molar-refractivity contribution is -0.113. The summed E-state index contributed by atoms with van der Waals surface area (Å²) in [6, 6.07) is 14.2. The van der Waals surface area contributed by atoms with Gasteiger partial charge in [-0.2, -0.15) is 0 Å². The molecule has 0 aliphatic heterocycles. The van der Waals surface area contributed by atoms with Gasteiger partial charge < -0.3 is 9.88 Å². The van der Waals surface area contributed by atoms with E-state index < -0.39 is 0 Å². The second-order valence-corrected chi connectivity index (χ2v) is 9.09. The van der Waals surface area contributed by atoms with Gasteiger partial charge in [-0.3, -0.25) is 4.79 Å². The van der Waals surface area contributed by atoms with Gasteiger partial charge in [-0.25, -0.2) is 4.39 Å². The molecule has 3 rings (SSSR count). The Hall–Kier alpha value is -1.59. The first-order valence-corrected chi connectivity index (χ1v) is 11.6. The van der Waals surface area contributed by atoms with Gasteiger partial charge >= 0.3 is 0 Å². The van der Waals surface area contributed by atoms with Gasteiger partial charge in [0.25, 0.3) is 0 Å². The van der Waals surface area contributed by atoms with Crippen LogP contribution in [-0.2, 0) is 23.3 Å². The van der Waals surface area contributed by atoms with E-state index in [-0.39, 0.29) is 17.5 Å². The molecular weight excluding hydrogens is 510 g/mol. The fourth-order valence-electron chi connectivity index (χ4n) is 2.30. The molecule has 0 saturated heterocycles. The van der Waals surface area contributed by atoms with E-state index in [1.165, 1.54) is 23.9 Å². The highest BCUT2D eigenvalue weighted by molar-refractivity contribution is 14.1. The second kappa shape index (κ2) is 10.3. The van der Waals surface area contributed by atoms with Gasteiger partial charge in [0.15, 0.2) is 5.16 Å². The summed E-state index contributed by atoms with van der Waals surface area (Å²) in [5.74, 6) is 2.26. The van der Waals surface area contributed by atoms with Gasteiger partial charge in [-0.1, -0.05) is 23.9 Å². The van der Waals surface area contributed by atoms with Crippen LogP contribution < -0.4 is 5.32 Å². The number of rotatable bonds is 8. The van der Waals surface area contributed by atoms with Crippen molar-refractivity contribution >= 4 is 57.7 Å². The van der Waals surface area contributed by atoms with Crippen molar-refractivity contribution in [1.82, 2.24) is 14.8 Å². The molecule has 0 spiro atoms. The zero-order valence-corrected chi connectivity index (χ0v) is 18.9. The summed E-state index contributed by atoms with van der Waals surface area (Å²) in [4.78, 5) is 12.1. The first-order chi connectivity index (χ1) is 13.5. The minimum Gasteiger partial charge on any atom is -0.325 e. The lowest BCUT2D eigenvalue weighted by atomic mass is 10.2. The van der Waals surface area contributed by atoms with Crippen LogP contribution in [0.3, 0.4) is 0 Å². The highest BCUT2D eigenvalue weighted by atomic mass is 127. The van der Waals surface area contributed by atoms with Crippen molar-refractivity contribution in [1.29, 1.82) is 0 Å². The molecule has 5 nitrogen and oxygen atoms in total. The van der Waals surface area contributed by atoms with E-state index in [2.05, 4.69) is 38.1 Å². The Bertz CT molecular complexity index is 932. The minimum atomic E-state index is -0.227. The molecule has 0 saturated carbocycles. The molecule has 0 aliphatic carbocycles. The predicted molar refractivity (Wildman–Crippen MR) is 121 cm³/mol. The van der Waals surface area contributed by atoms with Crippen molar-refractivity contribution < 1.29 is 9.18 Å². The molecule has 1 amide bonds. The zero-order valence-electron chi connectivity index (χ0n) is 15.1. The number of thioether (sulfide) groups is 2. The summed E-state index contributed by atoms with van der Waals surface area (Å²) in [6.45, 7) is 0. The van der Waals surface area contributed by atoms with E-state index in [9.17, 15) is 9.18 Å². The monoisotopic (exact) mass is 528 g/mol. The molecule has 0 bridgehead atoms. The number of hydrogen-bond acceptors (Lipinski definition) is 5. The van der Waals surface area contributed by atoms with Crippen LogP contribution in [0.15, 0.2) is 53.7 Å². The first kappa shape index (κ1) is 21.1. The number of hydrogen-bond donors (Lipinski definition) is 1. The normalized spacial score (nSPS) is 10.8. The summed E-state index contributed by atoms with van der Waals surface area (Å²) in [5, 5.41) is 12.0. The van der Waals surface area contributed by atoms with Crippen molar-refractivity contribution in [2.24, 2.45) is 7.05 Å². The van der Waals surface area contributed by atoms with E-state index in [0.29, 0.717) is 10.9 Å². The number of nitrogens with one attached hydrogen (secondary N) is 1. The number of nitrogens with zero attached hydrogens (tertiary/aromatic N) is 3. The molecule has 0 atom stereocenters. The van der Waals surface area contributed by atoms with E-state index in [1.807, 2.05) is 35.9 Å². The Morgan fingerprint density at radius 2 is 1.82 bits per heavy atom. The number of aromatic nitrogens is 3. The number of halogens is 2. The lowest BCUT2D eigenvalue weighted by Crippen LogP contribution is -2.14. The second-order valence-electron chi connectivity index (χ2n) is 5.92. The third-order valence-corrected chi connectivity index (χ3v) is 6.54. The molecule has 2 aromatic carbocycles. The number of carbonyl (C=O) groups excluding carboxylic acids is 1. The van der Waals surface area contributed by atoms with E-state index in [4.69, 9.17) is 0 Å². The van der Waals surface area contributed by atoms with Crippen molar-refractivity contribution in [2.75, 3.05) is 11.1 Å². The molecular formula is C19H18FIN4OS2. The maximum atomic E-state index is 12.9. The van der Waals surface area contributed by atoms with Gasteiger partial charge in [0.2, 0.25) is 5.91 Å². The van der Waals surface area contributed by atoms with Crippen LogP contribution in [0, 0.1) is 9.39 Å². The summed E-state index contributed by atoms with van der Waals surface area (Å²) in [7, 11) is 1.90. The van der Waals surface area contributed by atoms with E-state index in [0.717, 1.165) is 26.4 Å². The highest BCUT2D eigenvalue weighted by Crippen LogP contribution is 2.21.